The Balaban J connectivity index is 2.02. The summed E-state index contributed by atoms with van der Waals surface area (Å²) in [5, 5.41) is 0. The molecule has 2 rings (SSSR count). The van der Waals surface area contributed by atoms with E-state index in [0.717, 1.165) is 51.1 Å². The third kappa shape index (κ3) is 4.35. The van der Waals surface area contributed by atoms with E-state index in [-0.39, 0.29) is 17.8 Å². The van der Waals surface area contributed by atoms with E-state index in [1.54, 1.807) is 12.1 Å². The SMILES string of the molecule is CCN(CC)CCN1CCCC(c2ccc(C(=O)OC)cc2)C1=O. The number of piperidine rings is 1. The fourth-order valence-electron chi connectivity index (χ4n) is 3.24. The minimum absolute atomic E-state index is 0.0952. The van der Waals surface area contributed by atoms with Crippen molar-refractivity contribution in [2.75, 3.05) is 39.8 Å². The van der Waals surface area contributed by atoms with Gasteiger partial charge >= 0.3 is 5.97 Å². The maximum Gasteiger partial charge on any atom is 0.337 e. The van der Waals surface area contributed by atoms with Crippen molar-refractivity contribution in [2.45, 2.75) is 32.6 Å². The Labute approximate surface area is 144 Å². The highest BCUT2D eigenvalue weighted by atomic mass is 16.5. The van der Waals surface area contributed by atoms with Crippen molar-refractivity contribution in [3.63, 3.8) is 0 Å². The zero-order valence-corrected chi connectivity index (χ0v) is 15.0. The van der Waals surface area contributed by atoms with E-state index in [1.807, 2.05) is 17.0 Å². The number of methoxy groups -OCH3 is 1. The zero-order chi connectivity index (χ0) is 17.5. The van der Waals surface area contributed by atoms with Crippen molar-refractivity contribution in [2.24, 2.45) is 0 Å². The predicted octanol–water partition coefficient (Wildman–Crippen LogP) is 2.52. The number of likely N-dealkylation sites (N-methyl/N-ethyl adjacent to an activating group) is 1. The molecule has 5 nitrogen and oxygen atoms in total. The number of hydrogen-bond acceptors (Lipinski definition) is 4. The monoisotopic (exact) mass is 332 g/mol. The largest absolute Gasteiger partial charge is 0.465 e. The standard InChI is InChI=1S/C19H28N2O3/c1-4-20(5-2)13-14-21-12-6-7-17(18(21)22)15-8-10-16(11-9-15)19(23)24-3/h8-11,17H,4-7,12-14H2,1-3H3. The van der Waals surface area contributed by atoms with Crippen LogP contribution >= 0.6 is 0 Å². The third-order valence-electron chi connectivity index (χ3n) is 4.85. The van der Waals surface area contributed by atoms with Crippen molar-refractivity contribution < 1.29 is 14.3 Å². The summed E-state index contributed by atoms with van der Waals surface area (Å²) in [5.74, 6) is -0.237. The second-order valence-corrected chi connectivity index (χ2v) is 6.16. The molecule has 132 valence electrons. The molecule has 1 unspecified atom stereocenters. The number of amides is 1. The van der Waals surface area contributed by atoms with Crippen LogP contribution in [0.25, 0.3) is 0 Å². The summed E-state index contributed by atoms with van der Waals surface area (Å²) >= 11 is 0. The Hall–Kier alpha value is -1.88. The van der Waals surface area contributed by atoms with Gasteiger partial charge in [0.05, 0.1) is 18.6 Å². The Morgan fingerprint density at radius 2 is 1.92 bits per heavy atom. The van der Waals surface area contributed by atoms with Crippen LogP contribution in [0.1, 0.15) is 48.5 Å². The van der Waals surface area contributed by atoms with E-state index in [2.05, 4.69) is 18.7 Å². The molecule has 1 saturated heterocycles. The number of nitrogens with zero attached hydrogens (tertiary/aromatic N) is 2. The van der Waals surface area contributed by atoms with Crippen molar-refractivity contribution in [1.29, 1.82) is 0 Å². The minimum atomic E-state index is -0.350. The molecule has 1 fully saturated rings. The maximum absolute atomic E-state index is 12.8. The Bertz CT molecular complexity index is 552. The number of ether oxygens (including phenoxy) is 1. The molecule has 0 aromatic heterocycles. The molecule has 1 aliphatic rings. The molecule has 1 aliphatic heterocycles. The summed E-state index contributed by atoms with van der Waals surface area (Å²) in [6.07, 6.45) is 1.89. The van der Waals surface area contributed by atoms with Crippen LogP contribution in [0, 0.1) is 0 Å². The van der Waals surface area contributed by atoms with Crippen LogP contribution in [0.4, 0.5) is 0 Å². The highest BCUT2D eigenvalue weighted by Crippen LogP contribution is 2.28. The third-order valence-corrected chi connectivity index (χ3v) is 4.85. The summed E-state index contributed by atoms with van der Waals surface area (Å²) in [6, 6.07) is 7.23. The van der Waals surface area contributed by atoms with E-state index in [9.17, 15) is 9.59 Å². The molecule has 5 heteroatoms. The van der Waals surface area contributed by atoms with Crippen LogP contribution in [-0.4, -0.2) is 61.5 Å². The molecule has 0 N–H and O–H groups in total. The van der Waals surface area contributed by atoms with E-state index in [0.29, 0.717) is 5.56 Å². The molecule has 0 aliphatic carbocycles. The van der Waals surface area contributed by atoms with Crippen LogP contribution in [0.15, 0.2) is 24.3 Å². The van der Waals surface area contributed by atoms with Gasteiger partial charge in [-0.1, -0.05) is 26.0 Å². The van der Waals surface area contributed by atoms with Crippen LogP contribution in [0.5, 0.6) is 0 Å². The molecule has 1 heterocycles. The number of likely N-dealkylation sites (tertiary alicyclic amines) is 1. The van der Waals surface area contributed by atoms with Crippen LogP contribution in [0.3, 0.4) is 0 Å². The number of benzene rings is 1. The van der Waals surface area contributed by atoms with Gasteiger partial charge < -0.3 is 14.5 Å². The highest BCUT2D eigenvalue weighted by molar-refractivity contribution is 5.90. The molecular formula is C19H28N2O3. The van der Waals surface area contributed by atoms with Crippen molar-refractivity contribution >= 4 is 11.9 Å². The summed E-state index contributed by atoms with van der Waals surface area (Å²) in [6.45, 7) is 8.87. The zero-order valence-electron chi connectivity index (χ0n) is 15.0. The topological polar surface area (TPSA) is 49.9 Å². The van der Waals surface area contributed by atoms with Gasteiger partial charge in [0.2, 0.25) is 5.91 Å². The smallest absolute Gasteiger partial charge is 0.337 e. The van der Waals surface area contributed by atoms with Crippen LogP contribution < -0.4 is 0 Å². The molecule has 1 aromatic carbocycles. The molecule has 1 amide bonds. The van der Waals surface area contributed by atoms with Gasteiger partial charge in [0.1, 0.15) is 0 Å². The number of hydrogen-bond donors (Lipinski definition) is 0. The van der Waals surface area contributed by atoms with Gasteiger partial charge in [-0.05, 0) is 43.6 Å². The van der Waals surface area contributed by atoms with Gasteiger partial charge in [-0.2, -0.15) is 0 Å². The average Bonchev–Trinajstić information content (AvgIpc) is 2.63. The molecule has 0 saturated carbocycles. The summed E-state index contributed by atoms with van der Waals surface area (Å²) in [5.41, 5.74) is 1.50. The molecule has 0 bridgehead atoms. The van der Waals surface area contributed by atoms with Gasteiger partial charge in [-0.25, -0.2) is 4.79 Å². The minimum Gasteiger partial charge on any atom is -0.465 e. The fourth-order valence-corrected chi connectivity index (χ4v) is 3.24. The molecule has 1 atom stereocenters. The second-order valence-electron chi connectivity index (χ2n) is 6.16. The molecule has 0 radical (unpaired) electrons. The predicted molar refractivity (Wildman–Crippen MR) is 94.1 cm³/mol. The van der Waals surface area contributed by atoms with Gasteiger partial charge in [0, 0.05) is 19.6 Å². The maximum atomic E-state index is 12.8. The lowest BCUT2D eigenvalue weighted by Crippen LogP contribution is -2.44. The van der Waals surface area contributed by atoms with Gasteiger partial charge in [0.25, 0.3) is 0 Å². The molecule has 1 aromatic rings. The first kappa shape index (κ1) is 18.5. The van der Waals surface area contributed by atoms with Crippen molar-refractivity contribution in [1.82, 2.24) is 9.80 Å². The first-order valence-electron chi connectivity index (χ1n) is 8.80. The summed E-state index contributed by atoms with van der Waals surface area (Å²) < 4.78 is 4.72. The number of rotatable bonds is 7. The Kier molecular flexibility index (Phi) is 6.79. The highest BCUT2D eigenvalue weighted by Gasteiger charge is 2.29. The molecule has 0 spiro atoms. The van der Waals surface area contributed by atoms with E-state index in [1.165, 1.54) is 7.11 Å². The normalized spacial score (nSPS) is 18.1. The summed E-state index contributed by atoms with van der Waals surface area (Å²) in [4.78, 5) is 28.6. The van der Waals surface area contributed by atoms with Gasteiger partial charge in [-0.3, -0.25) is 4.79 Å². The lowest BCUT2D eigenvalue weighted by molar-refractivity contribution is -0.135. The van der Waals surface area contributed by atoms with Gasteiger partial charge in [0.15, 0.2) is 0 Å². The number of carbonyl (C=O) groups is 2. The average molecular weight is 332 g/mol. The van der Waals surface area contributed by atoms with Crippen molar-refractivity contribution in [3.05, 3.63) is 35.4 Å². The quantitative estimate of drug-likeness (QED) is 0.720. The lowest BCUT2D eigenvalue weighted by Gasteiger charge is -2.34. The van der Waals surface area contributed by atoms with E-state index < -0.39 is 0 Å². The molecular weight excluding hydrogens is 304 g/mol. The fraction of sp³-hybridized carbons (Fsp3) is 0.579. The second kappa shape index (κ2) is 8.83. The molecule has 24 heavy (non-hydrogen) atoms. The number of esters is 1. The lowest BCUT2D eigenvalue weighted by atomic mass is 9.89. The van der Waals surface area contributed by atoms with Crippen molar-refractivity contribution in [3.8, 4) is 0 Å². The first-order chi connectivity index (χ1) is 11.6. The van der Waals surface area contributed by atoms with Crippen LogP contribution in [0.2, 0.25) is 0 Å². The van der Waals surface area contributed by atoms with Gasteiger partial charge in [-0.15, -0.1) is 0 Å². The number of carbonyl (C=O) groups excluding carboxylic acids is 2. The summed E-state index contributed by atoms with van der Waals surface area (Å²) in [7, 11) is 1.37. The Morgan fingerprint density at radius 1 is 1.25 bits per heavy atom. The first-order valence-corrected chi connectivity index (χ1v) is 8.80. The van der Waals surface area contributed by atoms with E-state index >= 15 is 0 Å². The van der Waals surface area contributed by atoms with Crippen LogP contribution in [-0.2, 0) is 9.53 Å². The van der Waals surface area contributed by atoms with E-state index in [4.69, 9.17) is 4.74 Å². The Morgan fingerprint density at radius 3 is 2.50 bits per heavy atom.